The van der Waals surface area contributed by atoms with E-state index in [0.29, 0.717) is 6.04 Å². The summed E-state index contributed by atoms with van der Waals surface area (Å²) in [7, 11) is 2.15. The fraction of sp³-hybridized carbons (Fsp3) is 0.462. The van der Waals surface area contributed by atoms with Crippen molar-refractivity contribution in [2.24, 2.45) is 0 Å². The Morgan fingerprint density at radius 2 is 2.41 bits per heavy atom. The molecular formula is C13H18N4. The Labute approximate surface area is 101 Å². The number of H-pyrrole nitrogens is 1. The molecule has 0 unspecified atom stereocenters. The third kappa shape index (κ3) is 2.13. The van der Waals surface area contributed by atoms with Crippen LogP contribution in [0.15, 0.2) is 24.5 Å². The first-order valence-corrected chi connectivity index (χ1v) is 6.20. The van der Waals surface area contributed by atoms with E-state index in [1.165, 1.54) is 18.5 Å². The third-order valence-electron chi connectivity index (χ3n) is 3.50. The second-order valence-corrected chi connectivity index (χ2v) is 4.78. The zero-order valence-corrected chi connectivity index (χ0v) is 10.1. The number of fused-ring (bicyclic) bond motifs is 1. The SMILES string of the molecule is CN(C[C@H]1CCCN1)c1ccc2nc[nH]c2c1. The highest BCUT2D eigenvalue weighted by atomic mass is 15.1. The van der Waals surface area contributed by atoms with Crippen LogP contribution >= 0.6 is 0 Å². The van der Waals surface area contributed by atoms with Gasteiger partial charge >= 0.3 is 0 Å². The van der Waals surface area contributed by atoms with Gasteiger partial charge in [-0.3, -0.25) is 0 Å². The first kappa shape index (κ1) is 10.6. The van der Waals surface area contributed by atoms with Gasteiger partial charge < -0.3 is 15.2 Å². The van der Waals surface area contributed by atoms with Gasteiger partial charge in [-0.05, 0) is 37.6 Å². The summed E-state index contributed by atoms with van der Waals surface area (Å²) in [4.78, 5) is 9.70. The first-order valence-electron chi connectivity index (χ1n) is 6.20. The largest absolute Gasteiger partial charge is 0.373 e. The smallest absolute Gasteiger partial charge is 0.0931 e. The maximum atomic E-state index is 4.24. The lowest BCUT2D eigenvalue weighted by Crippen LogP contribution is -2.35. The van der Waals surface area contributed by atoms with Crippen LogP contribution in [0.3, 0.4) is 0 Å². The van der Waals surface area contributed by atoms with Gasteiger partial charge in [-0.2, -0.15) is 0 Å². The van der Waals surface area contributed by atoms with Crippen molar-refractivity contribution in [2.45, 2.75) is 18.9 Å². The Bertz CT molecular complexity index is 499. The van der Waals surface area contributed by atoms with E-state index in [2.05, 4.69) is 45.4 Å². The molecule has 2 aromatic rings. The molecule has 1 saturated heterocycles. The van der Waals surface area contributed by atoms with Gasteiger partial charge in [0.15, 0.2) is 0 Å². The van der Waals surface area contributed by atoms with Crippen molar-refractivity contribution >= 4 is 16.7 Å². The molecule has 1 fully saturated rings. The number of likely N-dealkylation sites (N-methyl/N-ethyl adjacent to an activating group) is 1. The van der Waals surface area contributed by atoms with Crippen molar-refractivity contribution in [2.75, 3.05) is 25.0 Å². The summed E-state index contributed by atoms with van der Waals surface area (Å²) < 4.78 is 0. The molecule has 0 saturated carbocycles. The Morgan fingerprint density at radius 1 is 1.47 bits per heavy atom. The molecular weight excluding hydrogens is 212 g/mol. The maximum absolute atomic E-state index is 4.24. The van der Waals surface area contributed by atoms with Gasteiger partial charge in [0.05, 0.1) is 17.4 Å². The molecule has 1 aromatic carbocycles. The van der Waals surface area contributed by atoms with Crippen molar-refractivity contribution in [3.8, 4) is 0 Å². The second kappa shape index (κ2) is 4.37. The molecule has 17 heavy (non-hydrogen) atoms. The fourth-order valence-corrected chi connectivity index (χ4v) is 2.51. The molecule has 1 aliphatic rings. The lowest BCUT2D eigenvalue weighted by Gasteiger charge is -2.23. The van der Waals surface area contributed by atoms with E-state index in [9.17, 15) is 0 Å². The van der Waals surface area contributed by atoms with Gasteiger partial charge in [0, 0.05) is 25.3 Å². The van der Waals surface area contributed by atoms with E-state index >= 15 is 0 Å². The molecule has 2 heterocycles. The Hall–Kier alpha value is -1.55. The van der Waals surface area contributed by atoms with Crippen molar-refractivity contribution in [3.05, 3.63) is 24.5 Å². The minimum atomic E-state index is 0.637. The van der Waals surface area contributed by atoms with E-state index in [1.54, 1.807) is 6.33 Å². The highest BCUT2D eigenvalue weighted by molar-refractivity contribution is 5.78. The average molecular weight is 230 g/mol. The van der Waals surface area contributed by atoms with Crippen molar-refractivity contribution in [1.82, 2.24) is 15.3 Å². The van der Waals surface area contributed by atoms with E-state index < -0.39 is 0 Å². The number of anilines is 1. The summed E-state index contributed by atoms with van der Waals surface area (Å²) in [6.07, 6.45) is 4.34. The molecule has 0 amide bonds. The normalized spacial score (nSPS) is 19.9. The summed E-state index contributed by atoms with van der Waals surface area (Å²) in [6.45, 7) is 2.23. The molecule has 0 spiro atoms. The van der Waals surface area contributed by atoms with Crippen LogP contribution in [0.4, 0.5) is 5.69 Å². The highest BCUT2D eigenvalue weighted by Gasteiger charge is 2.16. The van der Waals surface area contributed by atoms with Crippen LogP contribution in [-0.2, 0) is 0 Å². The lowest BCUT2D eigenvalue weighted by atomic mass is 10.2. The van der Waals surface area contributed by atoms with Crippen molar-refractivity contribution in [3.63, 3.8) is 0 Å². The monoisotopic (exact) mass is 230 g/mol. The summed E-state index contributed by atoms with van der Waals surface area (Å²) in [5.74, 6) is 0. The highest BCUT2D eigenvalue weighted by Crippen LogP contribution is 2.19. The summed E-state index contributed by atoms with van der Waals surface area (Å²) in [6, 6.07) is 7.01. The minimum Gasteiger partial charge on any atom is -0.373 e. The predicted molar refractivity (Wildman–Crippen MR) is 70.4 cm³/mol. The second-order valence-electron chi connectivity index (χ2n) is 4.78. The van der Waals surface area contributed by atoms with Crippen LogP contribution in [0, 0.1) is 0 Å². The van der Waals surface area contributed by atoms with Crippen LogP contribution in [0.25, 0.3) is 11.0 Å². The number of imidazole rings is 1. The maximum Gasteiger partial charge on any atom is 0.0931 e. The van der Waals surface area contributed by atoms with Gasteiger partial charge in [-0.15, -0.1) is 0 Å². The average Bonchev–Trinajstić information content (AvgIpc) is 2.97. The number of rotatable bonds is 3. The van der Waals surface area contributed by atoms with Gasteiger partial charge in [0.2, 0.25) is 0 Å². The van der Waals surface area contributed by atoms with Gasteiger partial charge in [0.25, 0.3) is 0 Å². The van der Waals surface area contributed by atoms with Crippen LogP contribution in [0.5, 0.6) is 0 Å². The number of hydrogen-bond donors (Lipinski definition) is 2. The molecule has 0 bridgehead atoms. The third-order valence-corrected chi connectivity index (χ3v) is 3.50. The fourth-order valence-electron chi connectivity index (χ4n) is 2.51. The van der Waals surface area contributed by atoms with Crippen molar-refractivity contribution < 1.29 is 0 Å². The molecule has 0 aliphatic carbocycles. The van der Waals surface area contributed by atoms with E-state index in [1.807, 2.05) is 0 Å². The number of nitrogens with one attached hydrogen (secondary N) is 2. The summed E-state index contributed by atoms with van der Waals surface area (Å²) in [5.41, 5.74) is 3.38. The minimum absolute atomic E-state index is 0.637. The molecule has 90 valence electrons. The van der Waals surface area contributed by atoms with Gasteiger partial charge in [-0.1, -0.05) is 0 Å². The topological polar surface area (TPSA) is 44.0 Å². The molecule has 1 aliphatic heterocycles. The number of aromatic amines is 1. The Kier molecular flexibility index (Phi) is 2.73. The number of nitrogens with zero attached hydrogens (tertiary/aromatic N) is 2. The number of hydrogen-bond acceptors (Lipinski definition) is 3. The molecule has 1 atom stereocenters. The van der Waals surface area contributed by atoms with Crippen molar-refractivity contribution in [1.29, 1.82) is 0 Å². The summed E-state index contributed by atoms with van der Waals surface area (Å²) >= 11 is 0. The first-order chi connectivity index (χ1) is 8.33. The Balaban J connectivity index is 1.77. The van der Waals surface area contributed by atoms with Crippen LogP contribution in [-0.4, -0.2) is 36.1 Å². The van der Waals surface area contributed by atoms with E-state index in [4.69, 9.17) is 0 Å². The molecule has 3 rings (SSSR count). The molecule has 4 nitrogen and oxygen atoms in total. The lowest BCUT2D eigenvalue weighted by molar-refractivity contribution is 0.600. The molecule has 1 aromatic heterocycles. The van der Waals surface area contributed by atoms with E-state index in [-0.39, 0.29) is 0 Å². The van der Waals surface area contributed by atoms with Gasteiger partial charge in [0.1, 0.15) is 0 Å². The molecule has 2 N–H and O–H groups in total. The standard InChI is InChI=1S/C13H18N4/c1-17(8-10-3-2-6-14-10)11-4-5-12-13(7-11)16-9-15-12/h4-5,7,9-10,14H,2-3,6,8H2,1H3,(H,15,16)/t10-/m1/s1. The van der Waals surface area contributed by atoms with Crippen LogP contribution in [0.2, 0.25) is 0 Å². The predicted octanol–water partition coefficient (Wildman–Crippen LogP) is 1.75. The zero-order chi connectivity index (χ0) is 11.7. The van der Waals surface area contributed by atoms with Gasteiger partial charge in [-0.25, -0.2) is 4.98 Å². The Morgan fingerprint density at radius 3 is 3.24 bits per heavy atom. The molecule has 4 heteroatoms. The van der Waals surface area contributed by atoms with Crippen LogP contribution in [0.1, 0.15) is 12.8 Å². The number of aromatic nitrogens is 2. The van der Waals surface area contributed by atoms with E-state index in [0.717, 1.165) is 24.1 Å². The number of benzene rings is 1. The molecule has 0 radical (unpaired) electrons. The summed E-state index contributed by atoms with van der Waals surface area (Å²) in [5, 5.41) is 3.53. The van der Waals surface area contributed by atoms with Crippen LogP contribution < -0.4 is 10.2 Å². The zero-order valence-electron chi connectivity index (χ0n) is 10.1. The quantitative estimate of drug-likeness (QED) is 0.844.